The van der Waals surface area contributed by atoms with E-state index in [9.17, 15) is 4.79 Å². The topological polar surface area (TPSA) is 59.0 Å². The molecular weight excluding hydrogens is 420 g/mol. The fraction of sp³-hybridized carbons (Fsp3) is 0.310. The maximum Gasteiger partial charge on any atom is 0.237 e. The number of hydrogen-bond donors (Lipinski definition) is 2. The highest BCUT2D eigenvalue weighted by molar-refractivity contribution is 5.90. The molecule has 0 unspecified atom stereocenters. The Kier molecular flexibility index (Phi) is 6.45. The highest BCUT2D eigenvalue weighted by atomic mass is 16.2. The molecule has 1 aliphatic rings. The minimum Gasteiger partial charge on any atom is -0.351 e. The Morgan fingerprint density at radius 1 is 1.06 bits per heavy atom. The van der Waals surface area contributed by atoms with E-state index < -0.39 is 0 Å². The number of nitrogens with zero attached hydrogens (tertiary/aromatic N) is 2. The lowest BCUT2D eigenvalue weighted by Crippen LogP contribution is -2.46. The van der Waals surface area contributed by atoms with Crippen LogP contribution in [0, 0.1) is 5.92 Å². The average molecular weight is 453 g/mol. The number of rotatable bonds is 7. The minimum atomic E-state index is -0.278. The molecule has 5 rings (SSSR count). The third-order valence-corrected chi connectivity index (χ3v) is 6.65. The zero-order valence-electron chi connectivity index (χ0n) is 19.9. The molecule has 4 aromatic rings. The van der Waals surface area contributed by atoms with Crippen LogP contribution in [0.4, 0.5) is 0 Å². The molecule has 3 heterocycles. The zero-order valence-corrected chi connectivity index (χ0v) is 19.9. The van der Waals surface area contributed by atoms with Crippen LogP contribution in [0.2, 0.25) is 0 Å². The van der Waals surface area contributed by atoms with Gasteiger partial charge in [-0.05, 0) is 59.2 Å². The van der Waals surface area contributed by atoms with Gasteiger partial charge in [0.15, 0.2) is 0 Å². The van der Waals surface area contributed by atoms with Crippen molar-refractivity contribution in [3.63, 3.8) is 0 Å². The molecular formula is C29H32N4O. The largest absolute Gasteiger partial charge is 0.351 e. The molecule has 0 spiro atoms. The first kappa shape index (κ1) is 22.4. The van der Waals surface area contributed by atoms with E-state index in [-0.39, 0.29) is 18.0 Å². The van der Waals surface area contributed by atoms with Gasteiger partial charge in [0.05, 0.1) is 6.04 Å². The summed E-state index contributed by atoms with van der Waals surface area (Å²) in [5.41, 5.74) is 6.09. The lowest BCUT2D eigenvalue weighted by Gasteiger charge is -2.25. The molecule has 2 N–H and O–H groups in total. The van der Waals surface area contributed by atoms with Crippen molar-refractivity contribution < 1.29 is 4.79 Å². The smallest absolute Gasteiger partial charge is 0.237 e. The second-order valence-electron chi connectivity index (χ2n) is 9.69. The number of pyridine rings is 1. The van der Waals surface area contributed by atoms with E-state index in [1.165, 1.54) is 27.6 Å². The van der Waals surface area contributed by atoms with Crippen LogP contribution in [0.15, 0.2) is 79.3 Å². The molecule has 2 aromatic carbocycles. The summed E-state index contributed by atoms with van der Waals surface area (Å²) >= 11 is 0. The standard InChI is InChI=1S/C29H32N4O/c1-20(2)15-25-24-9-6-10-27-28(24)23(19-33(27)18-22-11-13-30-14-12-22)16-26(32-25)29(34)31-17-21-7-4-3-5-8-21/h3-14,19-20,25-26,32H,15-18H2,1-2H3,(H,31,34)/t25-,26-/m0/s1. The van der Waals surface area contributed by atoms with E-state index in [0.717, 1.165) is 18.5 Å². The second-order valence-corrected chi connectivity index (χ2v) is 9.69. The number of carbonyl (C=O) groups is 1. The van der Waals surface area contributed by atoms with E-state index in [1.54, 1.807) is 0 Å². The first-order chi connectivity index (χ1) is 16.6. The van der Waals surface area contributed by atoms with Crippen LogP contribution in [-0.4, -0.2) is 21.5 Å². The summed E-state index contributed by atoms with van der Waals surface area (Å²) in [5.74, 6) is 0.571. The fourth-order valence-electron chi connectivity index (χ4n) is 5.08. The summed E-state index contributed by atoms with van der Waals surface area (Å²) in [6, 6.07) is 20.6. The predicted octanol–water partition coefficient (Wildman–Crippen LogP) is 5.00. The van der Waals surface area contributed by atoms with Gasteiger partial charge in [-0.25, -0.2) is 0 Å². The van der Waals surface area contributed by atoms with E-state index in [2.05, 4.69) is 70.6 Å². The Bertz CT molecular complexity index is 1260. The van der Waals surface area contributed by atoms with Gasteiger partial charge in [0.25, 0.3) is 0 Å². The molecule has 2 aromatic heterocycles. The van der Waals surface area contributed by atoms with Gasteiger partial charge in [0, 0.05) is 48.6 Å². The van der Waals surface area contributed by atoms with Crippen LogP contribution in [0.3, 0.4) is 0 Å². The SMILES string of the molecule is CC(C)C[C@@H]1N[C@H](C(=O)NCc2ccccc2)Cc2cn(Cc3ccncc3)c3cccc1c23. The number of hydrogen-bond acceptors (Lipinski definition) is 3. The molecule has 174 valence electrons. The van der Waals surface area contributed by atoms with Gasteiger partial charge in [-0.2, -0.15) is 0 Å². The molecule has 5 nitrogen and oxygen atoms in total. The van der Waals surface area contributed by atoms with Crippen LogP contribution < -0.4 is 10.6 Å². The van der Waals surface area contributed by atoms with Gasteiger partial charge < -0.3 is 9.88 Å². The van der Waals surface area contributed by atoms with Gasteiger partial charge in [-0.1, -0.05) is 56.3 Å². The van der Waals surface area contributed by atoms with E-state index in [0.29, 0.717) is 18.9 Å². The molecule has 0 radical (unpaired) electrons. The molecule has 34 heavy (non-hydrogen) atoms. The van der Waals surface area contributed by atoms with E-state index in [4.69, 9.17) is 0 Å². The molecule has 0 bridgehead atoms. The Balaban J connectivity index is 1.48. The van der Waals surface area contributed by atoms with Crippen molar-refractivity contribution in [1.82, 2.24) is 20.2 Å². The van der Waals surface area contributed by atoms with Crippen molar-refractivity contribution in [3.05, 3.63) is 102 Å². The monoisotopic (exact) mass is 452 g/mol. The normalized spacial score (nSPS) is 17.6. The minimum absolute atomic E-state index is 0.0560. The lowest BCUT2D eigenvalue weighted by molar-refractivity contribution is -0.123. The third kappa shape index (κ3) is 4.75. The van der Waals surface area contributed by atoms with Gasteiger partial charge in [0.1, 0.15) is 0 Å². The quantitative estimate of drug-likeness (QED) is 0.415. The highest BCUT2D eigenvalue weighted by Gasteiger charge is 2.30. The third-order valence-electron chi connectivity index (χ3n) is 6.65. The molecule has 5 heteroatoms. The number of aromatic nitrogens is 2. The van der Waals surface area contributed by atoms with Gasteiger partial charge in [-0.15, -0.1) is 0 Å². The number of benzene rings is 2. The first-order valence-corrected chi connectivity index (χ1v) is 12.2. The molecule has 1 amide bonds. The molecule has 2 atom stereocenters. The lowest BCUT2D eigenvalue weighted by atomic mass is 9.94. The van der Waals surface area contributed by atoms with Crippen molar-refractivity contribution in [3.8, 4) is 0 Å². The molecule has 0 saturated carbocycles. The summed E-state index contributed by atoms with van der Waals surface area (Å²) in [4.78, 5) is 17.5. The Hall–Kier alpha value is -3.44. The van der Waals surface area contributed by atoms with E-state index >= 15 is 0 Å². The zero-order chi connectivity index (χ0) is 23.5. The van der Waals surface area contributed by atoms with Crippen LogP contribution in [-0.2, 0) is 24.3 Å². The Labute approximate surface area is 201 Å². The molecule has 0 saturated heterocycles. The summed E-state index contributed by atoms with van der Waals surface area (Å²) in [6.45, 7) is 5.81. The maximum atomic E-state index is 13.3. The van der Waals surface area contributed by atoms with Gasteiger partial charge in [0.2, 0.25) is 5.91 Å². The van der Waals surface area contributed by atoms with Crippen LogP contribution in [0.1, 0.15) is 48.6 Å². The summed E-state index contributed by atoms with van der Waals surface area (Å²) in [5, 5.41) is 8.18. The Morgan fingerprint density at radius 2 is 1.85 bits per heavy atom. The molecule has 0 fully saturated rings. The van der Waals surface area contributed by atoms with Crippen LogP contribution in [0.5, 0.6) is 0 Å². The Morgan fingerprint density at radius 3 is 2.62 bits per heavy atom. The van der Waals surface area contributed by atoms with Gasteiger partial charge >= 0.3 is 0 Å². The fourth-order valence-corrected chi connectivity index (χ4v) is 5.08. The number of carbonyl (C=O) groups excluding carboxylic acids is 1. The van der Waals surface area contributed by atoms with Crippen molar-refractivity contribution >= 4 is 16.8 Å². The maximum absolute atomic E-state index is 13.3. The number of amides is 1. The second kappa shape index (κ2) is 9.82. The predicted molar refractivity (Wildman–Crippen MR) is 136 cm³/mol. The van der Waals surface area contributed by atoms with Crippen molar-refractivity contribution in [2.45, 2.75) is 51.9 Å². The van der Waals surface area contributed by atoms with E-state index in [1.807, 2.05) is 42.7 Å². The highest BCUT2D eigenvalue weighted by Crippen LogP contribution is 2.36. The van der Waals surface area contributed by atoms with Crippen LogP contribution in [0.25, 0.3) is 10.9 Å². The van der Waals surface area contributed by atoms with Crippen molar-refractivity contribution in [2.24, 2.45) is 5.92 Å². The summed E-state index contributed by atoms with van der Waals surface area (Å²) in [6.07, 6.45) is 7.58. The summed E-state index contributed by atoms with van der Waals surface area (Å²) in [7, 11) is 0. The van der Waals surface area contributed by atoms with Crippen molar-refractivity contribution in [1.29, 1.82) is 0 Å². The first-order valence-electron chi connectivity index (χ1n) is 12.2. The average Bonchev–Trinajstić information content (AvgIpc) is 3.11. The van der Waals surface area contributed by atoms with Gasteiger partial charge in [-0.3, -0.25) is 15.1 Å². The molecule has 0 aliphatic carbocycles. The van der Waals surface area contributed by atoms with Crippen molar-refractivity contribution in [2.75, 3.05) is 0 Å². The number of nitrogens with one attached hydrogen (secondary N) is 2. The van der Waals surface area contributed by atoms with Crippen LogP contribution >= 0.6 is 0 Å². The molecule has 1 aliphatic heterocycles. The summed E-state index contributed by atoms with van der Waals surface area (Å²) < 4.78 is 2.32.